The van der Waals surface area contributed by atoms with Gasteiger partial charge in [-0.25, -0.2) is 0 Å². The van der Waals surface area contributed by atoms with Crippen molar-refractivity contribution in [2.75, 3.05) is 19.6 Å². The molecule has 0 aliphatic heterocycles. The van der Waals surface area contributed by atoms with Crippen molar-refractivity contribution in [3.05, 3.63) is 38.0 Å². The second kappa shape index (κ2) is 25.0. The number of hydrogen-bond donors (Lipinski definition) is 6. The van der Waals surface area contributed by atoms with Crippen molar-refractivity contribution in [3.63, 3.8) is 0 Å². The van der Waals surface area contributed by atoms with Crippen LogP contribution in [0, 0.1) is 0 Å². The molecule has 0 bridgehead atoms. The fourth-order valence-corrected chi connectivity index (χ4v) is 0. The summed E-state index contributed by atoms with van der Waals surface area (Å²) < 4.78 is 0. The third-order valence-electron chi connectivity index (χ3n) is 0.500. The van der Waals surface area contributed by atoms with Gasteiger partial charge in [-0.1, -0.05) is 30.5 Å². The molecule has 0 aromatic carbocycles. The Bertz CT molecular complexity index is 183. The quantitative estimate of drug-likeness (QED) is 0.257. The van der Waals surface area contributed by atoms with Crippen molar-refractivity contribution in [1.82, 2.24) is 0 Å². The summed E-state index contributed by atoms with van der Waals surface area (Å²) in [6, 6.07) is 0. The van der Waals surface area contributed by atoms with E-state index in [1.54, 1.807) is 18.2 Å². The van der Waals surface area contributed by atoms with Crippen LogP contribution in [0.15, 0.2) is 38.0 Å². The molecule has 0 fully saturated rings. The van der Waals surface area contributed by atoms with E-state index in [1.807, 2.05) is 0 Å². The molecule has 0 unspecified atom stereocenters. The second-order valence-corrected chi connectivity index (χ2v) is 7.13. The minimum Gasteiger partial charge on any atom is -0.338 e. The molecule has 0 heterocycles. The van der Waals surface area contributed by atoms with Gasteiger partial charge in [0.15, 0.2) is 0 Å². The lowest BCUT2D eigenvalue weighted by Crippen LogP contribution is -1.90. The summed E-state index contributed by atoms with van der Waals surface area (Å²) in [4.78, 5) is 15.7. The van der Waals surface area contributed by atoms with E-state index in [-0.39, 0.29) is 0 Å². The van der Waals surface area contributed by atoms with Gasteiger partial charge in [-0.3, -0.25) is 0 Å². The molecule has 5 nitrogen and oxygen atoms in total. The Balaban J connectivity index is -0.0000000667. The van der Waals surface area contributed by atoms with Crippen molar-refractivity contribution in [2.24, 2.45) is 17.2 Å². The van der Waals surface area contributed by atoms with Crippen molar-refractivity contribution in [3.8, 4) is 0 Å². The zero-order valence-corrected chi connectivity index (χ0v) is 12.5. The van der Waals surface area contributed by atoms with Gasteiger partial charge in [-0.05, 0) is 11.8 Å². The SMILES string of the molecule is C=CCN.C=CCN.C=CCN.OP(O)(=S)S. The molecule has 0 aromatic heterocycles. The lowest BCUT2D eigenvalue weighted by Gasteiger charge is -1.88. The van der Waals surface area contributed by atoms with Gasteiger partial charge in [0, 0.05) is 19.6 Å². The summed E-state index contributed by atoms with van der Waals surface area (Å²) >= 11 is 7.07. The second-order valence-electron chi connectivity index (χ2n) is 2.09. The van der Waals surface area contributed by atoms with Crippen LogP contribution in [0.25, 0.3) is 0 Å². The monoisotopic (exact) mass is 301 g/mol. The van der Waals surface area contributed by atoms with Crippen molar-refractivity contribution in [1.29, 1.82) is 0 Å². The van der Waals surface area contributed by atoms with Gasteiger partial charge in [0.25, 0.3) is 0 Å². The molecule has 0 aliphatic carbocycles. The van der Waals surface area contributed by atoms with Crippen molar-refractivity contribution < 1.29 is 9.79 Å². The number of hydrogen-bond acceptors (Lipinski definition) is 4. The van der Waals surface area contributed by atoms with Gasteiger partial charge in [-0.2, -0.15) is 0 Å². The van der Waals surface area contributed by atoms with E-state index in [1.165, 1.54) is 0 Å². The molecule has 0 radical (unpaired) electrons. The summed E-state index contributed by atoms with van der Waals surface area (Å²) in [5.41, 5.74) is 11.6. The van der Waals surface area contributed by atoms with Crippen LogP contribution in [0.1, 0.15) is 0 Å². The topological polar surface area (TPSA) is 119 Å². The molecule has 104 valence electrons. The highest BCUT2D eigenvalue weighted by Crippen LogP contribution is 2.39. The molecular weight excluding hydrogens is 277 g/mol. The first kappa shape index (κ1) is 25.8. The number of thiol groups is 1. The third kappa shape index (κ3) is 345. The first-order valence-electron chi connectivity index (χ1n) is 4.46. The van der Waals surface area contributed by atoms with Gasteiger partial charge in [0.2, 0.25) is 5.69 Å². The number of nitrogens with two attached hydrogens (primary N) is 3. The first-order chi connectivity index (χ1) is 7.74. The van der Waals surface area contributed by atoms with Gasteiger partial charge in [0.1, 0.15) is 0 Å². The lowest BCUT2D eigenvalue weighted by atomic mass is 10.7. The van der Waals surface area contributed by atoms with Crippen LogP contribution in [-0.2, 0) is 11.8 Å². The Labute approximate surface area is 114 Å². The maximum Gasteiger partial charge on any atom is 0.239 e. The van der Waals surface area contributed by atoms with E-state index < -0.39 is 5.69 Å². The van der Waals surface area contributed by atoms with Crippen molar-refractivity contribution >= 4 is 29.7 Å². The molecule has 8 N–H and O–H groups in total. The molecule has 0 amide bonds. The highest BCUT2D eigenvalue weighted by atomic mass is 32.9. The van der Waals surface area contributed by atoms with E-state index in [0.29, 0.717) is 19.6 Å². The molecule has 8 heteroatoms. The normalized spacial score (nSPS) is 7.88. The highest BCUT2D eigenvalue weighted by molar-refractivity contribution is 8.59. The van der Waals surface area contributed by atoms with Gasteiger partial charge >= 0.3 is 0 Å². The van der Waals surface area contributed by atoms with E-state index >= 15 is 0 Å². The van der Waals surface area contributed by atoms with Crippen molar-refractivity contribution in [2.45, 2.75) is 0 Å². The molecule has 0 aliphatic rings. The van der Waals surface area contributed by atoms with E-state index in [9.17, 15) is 0 Å². The molecule has 0 rings (SSSR count). The maximum absolute atomic E-state index is 7.87. The molecule has 0 atom stereocenters. The molecule has 0 saturated carbocycles. The van der Waals surface area contributed by atoms with Crippen LogP contribution in [0.5, 0.6) is 0 Å². The van der Waals surface area contributed by atoms with E-state index in [4.69, 9.17) is 27.0 Å². The Morgan fingerprint density at radius 3 is 1.00 bits per heavy atom. The zero-order valence-electron chi connectivity index (χ0n) is 9.90. The van der Waals surface area contributed by atoms with Gasteiger partial charge < -0.3 is 27.0 Å². The largest absolute Gasteiger partial charge is 0.338 e. The van der Waals surface area contributed by atoms with Crippen LogP contribution in [0.3, 0.4) is 0 Å². The van der Waals surface area contributed by atoms with E-state index in [2.05, 4.69) is 43.8 Å². The van der Waals surface area contributed by atoms with Gasteiger partial charge in [-0.15, -0.1) is 19.7 Å². The third-order valence-corrected chi connectivity index (χ3v) is 0.500. The smallest absolute Gasteiger partial charge is 0.239 e. The fourth-order valence-electron chi connectivity index (χ4n) is 0. The summed E-state index contributed by atoms with van der Waals surface area (Å²) in [6.07, 6.45) is 4.96. The molecule has 0 spiro atoms. The van der Waals surface area contributed by atoms with Crippen LogP contribution in [0.4, 0.5) is 0 Å². The minimum absolute atomic E-state index is 0.583. The maximum atomic E-state index is 7.87. The summed E-state index contributed by atoms with van der Waals surface area (Å²) in [6.45, 7) is 11.8. The number of rotatable bonds is 3. The summed E-state index contributed by atoms with van der Waals surface area (Å²) in [7, 11) is 0. The lowest BCUT2D eigenvalue weighted by molar-refractivity contribution is 0.503. The van der Waals surface area contributed by atoms with Crippen LogP contribution < -0.4 is 17.2 Å². The summed E-state index contributed by atoms with van der Waals surface area (Å²) in [5, 5.41) is 0. The highest BCUT2D eigenvalue weighted by Gasteiger charge is 1.90. The average Bonchev–Trinajstić information content (AvgIpc) is 2.27. The molecule has 17 heavy (non-hydrogen) atoms. The average molecular weight is 301 g/mol. The zero-order chi connectivity index (χ0) is 14.7. The van der Waals surface area contributed by atoms with Crippen LogP contribution in [-0.4, -0.2) is 29.4 Å². The minimum atomic E-state index is -3.11. The first-order valence-corrected chi connectivity index (χ1v) is 8.32. The Kier molecular flexibility index (Phi) is 37.9. The predicted molar refractivity (Wildman–Crippen MR) is 85.5 cm³/mol. The predicted octanol–water partition coefficient (Wildman–Crippen LogP) is 0.519. The Morgan fingerprint density at radius 2 is 1.00 bits per heavy atom. The molecular formula is C9H24N3O2PS2. The van der Waals surface area contributed by atoms with E-state index in [0.717, 1.165) is 0 Å². The summed E-state index contributed by atoms with van der Waals surface area (Å²) in [5.74, 6) is 0. The molecule has 0 saturated heterocycles. The standard InChI is InChI=1S/3C3H7N.H3O2PS2/c3*1-2-3-4;1-3(2,4)5/h3*2H,1,3-4H2;(H3,1,2,4,5). The van der Waals surface area contributed by atoms with Crippen LogP contribution >= 0.6 is 17.9 Å². The van der Waals surface area contributed by atoms with Crippen LogP contribution in [0.2, 0.25) is 0 Å². The molecule has 0 aromatic rings. The Hall–Kier alpha value is 0.0200. The van der Waals surface area contributed by atoms with Gasteiger partial charge in [0.05, 0.1) is 0 Å². The fraction of sp³-hybridized carbons (Fsp3) is 0.333. The Morgan fingerprint density at radius 1 is 0.941 bits per heavy atom.